The van der Waals surface area contributed by atoms with Crippen LogP contribution in [-0.4, -0.2) is 78.9 Å². The van der Waals surface area contributed by atoms with Gasteiger partial charge in [-0.05, 0) is 198 Å². The second-order valence-corrected chi connectivity index (χ2v) is 23.2. The SMILES string of the molecule is CC1(C)OB(c2cnc(N)cn2)OC1(C)C.COc1cc2c(cc1-c1cnc(N)cn1)CCC2.COc1cc2c(cc1-c1cnc(NC(=O)c3c(F)cccc3F)cn1)CCC2.Cc1cc2c(cc1Br)CCC2.ClCCl.O=C(Cl)c1c(F)cccc1F. The number of rotatable bonds is 8. The van der Waals surface area contributed by atoms with Crippen molar-refractivity contribution in [1.29, 1.82) is 0 Å². The lowest BCUT2D eigenvalue weighted by atomic mass is 9.85. The number of alkyl halides is 2. The molecule has 24 heteroatoms. The quantitative estimate of drug-likeness (QED) is 0.0559. The second kappa shape index (κ2) is 30.6. The molecule has 4 heterocycles. The number of benzene rings is 5. The zero-order valence-corrected chi connectivity index (χ0v) is 52.7. The summed E-state index contributed by atoms with van der Waals surface area (Å²) in [5, 5.41) is 1.44. The molecule has 5 N–H and O–H groups in total. The summed E-state index contributed by atoms with van der Waals surface area (Å²) in [6.45, 7) is 10.1. The van der Waals surface area contributed by atoms with Gasteiger partial charge in [0.1, 0.15) is 57.5 Å². The van der Waals surface area contributed by atoms with Crippen LogP contribution in [0.5, 0.6) is 11.5 Å². The smallest absolute Gasteiger partial charge is 0.496 e. The molecule has 87 heavy (non-hydrogen) atoms. The Hall–Kier alpha value is -7.27. The highest BCUT2D eigenvalue weighted by Crippen LogP contribution is 2.38. The fraction of sp³-hybridized carbons (Fsp3) is 0.302. The van der Waals surface area contributed by atoms with E-state index in [9.17, 15) is 27.2 Å². The van der Waals surface area contributed by atoms with E-state index in [1.54, 1.807) is 43.9 Å². The number of carbonyl (C=O) groups is 2. The van der Waals surface area contributed by atoms with Crippen LogP contribution in [0.2, 0.25) is 0 Å². The Morgan fingerprint density at radius 3 is 1.39 bits per heavy atom. The topological polar surface area (TPSA) is 212 Å². The maximum Gasteiger partial charge on any atom is 0.516 e. The van der Waals surface area contributed by atoms with Crippen molar-refractivity contribution >= 4 is 92.0 Å². The van der Waals surface area contributed by atoms with Gasteiger partial charge in [-0.2, -0.15) is 0 Å². The summed E-state index contributed by atoms with van der Waals surface area (Å²) >= 11 is 18.0. The summed E-state index contributed by atoms with van der Waals surface area (Å²) in [5.74, 6) is -2.21. The molecule has 4 aliphatic rings. The van der Waals surface area contributed by atoms with Crippen molar-refractivity contribution in [3.05, 3.63) is 188 Å². The van der Waals surface area contributed by atoms with E-state index in [-0.39, 0.29) is 22.4 Å². The lowest BCUT2D eigenvalue weighted by Crippen LogP contribution is -2.41. The number of amides is 1. The Morgan fingerprint density at radius 2 is 1.00 bits per heavy atom. The number of fused-ring (bicyclic) bond motifs is 3. The lowest BCUT2D eigenvalue weighted by molar-refractivity contribution is 0.00578. The summed E-state index contributed by atoms with van der Waals surface area (Å²) in [5.41, 5.74) is 22.6. The molecule has 15 nitrogen and oxygen atoms in total. The average Bonchev–Trinajstić information content (AvgIpc) is 2.22. The maximum atomic E-state index is 13.7. The van der Waals surface area contributed by atoms with Crippen LogP contribution in [0.4, 0.5) is 35.0 Å². The molecule has 1 amide bonds. The molecule has 0 bridgehead atoms. The molecule has 0 unspecified atom stereocenters. The number of aromatic nitrogens is 6. The monoisotopic (exact) mass is 1310 g/mol. The number of carbonyl (C=O) groups excluding carboxylic acids is 2. The highest BCUT2D eigenvalue weighted by Gasteiger charge is 2.52. The number of nitrogens with one attached hydrogen (secondary N) is 1. The van der Waals surface area contributed by atoms with E-state index in [0.29, 0.717) is 28.7 Å². The van der Waals surface area contributed by atoms with Crippen molar-refractivity contribution in [3.8, 4) is 34.0 Å². The molecule has 0 radical (unpaired) electrons. The van der Waals surface area contributed by atoms with Gasteiger partial charge < -0.3 is 35.6 Å². The molecule has 1 aliphatic heterocycles. The Bertz CT molecular complexity index is 3630. The highest BCUT2D eigenvalue weighted by atomic mass is 79.9. The Kier molecular flexibility index (Phi) is 23.6. The molecule has 5 aromatic carbocycles. The molecular weight excluding hydrogens is 1250 g/mol. The molecule has 3 aliphatic carbocycles. The molecule has 12 rings (SSSR count). The van der Waals surface area contributed by atoms with Gasteiger partial charge >= 0.3 is 7.12 Å². The fourth-order valence-electron chi connectivity index (χ4n) is 9.68. The first-order valence-corrected chi connectivity index (χ1v) is 29.7. The van der Waals surface area contributed by atoms with Crippen LogP contribution < -0.4 is 31.9 Å². The Balaban J connectivity index is 0.000000161. The van der Waals surface area contributed by atoms with Crippen LogP contribution in [0, 0.1) is 30.2 Å². The molecule has 0 atom stereocenters. The molecule has 0 saturated carbocycles. The molecule has 8 aromatic rings. The van der Waals surface area contributed by atoms with Crippen molar-refractivity contribution in [2.45, 2.75) is 104 Å². The first kappa shape index (κ1) is 67.2. The van der Waals surface area contributed by atoms with Crippen molar-refractivity contribution in [3.63, 3.8) is 0 Å². The van der Waals surface area contributed by atoms with E-state index < -0.39 is 52.7 Å². The lowest BCUT2D eigenvalue weighted by Gasteiger charge is -2.32. The van der Waals surface area contributed by atoms with Crippen LogP contribution in [0.1, 0.15) is 107 Å². The third kappa shape index (κ3) is 17.3. The van der Waals surface area contributed by atoms with Crippen LogP contribution in [0.15, 0.2) is 114 Å². The maximum absolute atomic E-state index is 13.7. The van der Waals surface area contributed by atoms with E-state index >= 15 is 0 Å². The minimum absolute atomic E-state index is 0.0940. The number of nitrogens with zero attached hydrogens (tertiary/aromatic N) is 6. The van der Waals surface area contributed by atoms with Gasteiger partial charge in [0.2, 0.25) is 0 Å². The third-order valence-electron chi connectivity index (χ3n) is 14.9. The third-order valence-corrected chi connectivity index (χ3v) is 15.9. The predicted octanol–water partition coefficient (Wildman–Crippen LogP) is 13.8. The number of nitrogens with two attached hydrogens (primary N) is 2. The number of anilines is 3. The van der Waals surface area contributed by atoms with Gasteiger partial charge in [-0.1, -0.05) is 34.1 Å². The van der Waals surface area contributed by atoms with Crippen molar-refractivity contribution in [1.82, 2.24) is 29.9 Å². The first-order chi connectivity index (χ1) is 41.5. The molecule has 3 aromatic heterocycles. The minimum atomic E-state index is -1.12. The summed E-state index contributed by atoms with van der Waals surface area (Å²) in [4.78, 5) is 47.5. The summed E-state index contributed by atoms with van der Waals surface area (Å²) in [7, 11) is 2.81. The average molecular weight is 1320 g/mol. The van der Waals surface area contributed by atoms with Gasteiger partial charge in [0.15, 0.2) is 5.82 Å². The van der Waals surface area contributed by atoms with Gasteiger partial charge in [0.05, 0.1) is 78.7 Å². The summed E-state index contributed by atoms with van der Waals surface area (Å²) < 4.78 is 76.4. The van der Waals surface area contributed by atoms with Crippen LogP contribution >= 0.6 is 50.7 Å². The van der Waals surface area contributed by atoms with E-state index in [4.69, 9.17) is 65.1 Å². The van der Waals surface area contributed by atoms with E-state index in [0.717, 1.165) is 85.0 Å². The van der Waals surface area contributed by atoms with Gasteiger partial charge in [-0.15, -0.1) is 23.2 Å². The number of hydrogen-bond acceptors (Lipinski definition) is 14. The van der Waals surface area contributed by atoms with E-state index in [1.807, 2.05) is 33.8 Å². The van der Waals surface area contributed by atoms with Crippen molar-refractivity contribution in [2.75, 3.05) is 36.3 Å². The number of methoxy groups -OCH3 is 2. The zero-order chi connectivity index (χ0) is 63.2. The normalized spacial score (nSPS) is 14.3. The van der Waals surface area contributed by atoms with E-state index in [2.05, 4.69) is 88.4 Å². The molecule has 0 spiro atoms. The molecule has 456 valence electrons. The number of nitrogen functional groups attached to an aromatic ring is 2. The van der Waals surface area contributed by atoms with E-state index in [1.165, 1.54) is 82.6 Å². The number of hydrogen-bond donors (Lipinski definition) is 3. The van der Waals surface area contributed by atoms with Gasteiger partial charge in [-0.3, -0.25) is 24.5 Å². The Morgan fingerprint density at radius 1 is 0.598 bits per heavy atom. The van der Waals surface area contributed by atoms with Crippen LogP contribution in [0.25, 0.3) is 22.5 Å². The number of ether oxygens (including phenoxy) is 2. The van der Waals surface area contributed by atoms with Crippen molar-refractivity contribution < 1.29 is 45.9 Å². The molecule has 1 fully saturated rings. The number of aryl methyl sites for hydroxylation is 7. The predicted molar refractivity (Wildman–Crippen MR) is 337 cm³/mol. The molecule has 1 saturated heterocycles. The van der Waals surface area contributed by atoms with Crippen LogP contribution in [-0.2, 0) is 47.8 Å². The molecular formula is C63H64BBrCl3F4N9O6. The minimum Gasteiger partial charge on any atom is -0.496 e. The number of halogens is 8. The fourth-order valence-corrected chi connectivity index (χ4v) is 10.3. The summed E-state index contributed by atoms with van der Waals surface area (Å²) in [6, 6.07) is 19.3. The van der Waals surface area contributed by atoms with Gasteiger partial charge in [0, 0.05) is 21.8 Å². The largest absolute Gasteiger partial charge is 0.516 e. The van der Waals surface area contributed by atoms with Gasteiger partial charge in [0.25, 0.3) is 11.1 Å². The highest BCUT2D eigenvalue weighted by molar-refractivity contribution is 9.10. The Labute approximate surface area is 526 Å². The van der Waals surface area contributed by atoms with Gasteiger partial charge in [-0.25, -0.2) is 32.5 Å². The standard InChI is InChI=1S/C21H17F2N3O2.C14H15N3O.C10H16BN3O2.C10H11Br.C7H3ClF2O.CH2Cl2/c1-28-18-9-13-5-2-4-12(13)8-14(18)17-10-25-19(11-24-17)26-21(27)20-15(22)6-3-7-16(20)23;1-18-13-6-10-4-2-3-9(10)5-11(13)12-7-17-14(15)8-16-12;1-9(2)10(3,4)16-11(15-9)7-5-14-8(12)6-13-7;1-7-5-8-3-2-4-9(8)6-10(7)11;8-7(11)6-4(9)2-1-3-5(6)10;2-1-3/h3,6-11H,2,4-5H2,1H3,(H,25,26,27);5-8H,2-4H2,1H3,(H2,15,17);5-6H,1-4H3,(H2,12,14);5-6H,2-4H2,1H3;1-3H;1H2. The van der Waals surface area contributed by atoms with Crippen LogP contribution in [0.3, 0.4) is 0 Å². The second-order valence-electron chi connectivity index (χ2n) is 21.2. The summed E-state index contributed by atoms with van der Waals surface area (Å²) in [6.07, 6.45) is 19.7. The van der Waals surface area contributed by atoms with Crippen molar-refractivity contribution in [2.24, 2.45) is 0 Å². The zero-order valence-electron chi connectivity index (χ0n) is 48.9. The first-order valence-electron chi connectivity index (χ1n) is 27.5.